The van der Waals surface area contributed by atoms with Crippen LogP contribution >= 0.6 is 15.9 Å². The molecule has 2 aromatic rings. The number of pyridine rings is 1. The first-order valence-corrected chi connectivity index (χ1v) is 5.83. The fourth-order valence-electron chi connectivity index (χ4n) is 1.39. The maximum absolute atomic E-state index is 13.4. The number of anilines is 2. The van der Waals surface area contributed by atoms with Gasteiger partial charge in [0.15, 0.2) is 5.82 Å². The fourth-order valence-corrected chi connectivity index (χ4v) is 1.73. The Kier molecular flexibility index (Phi) is 3.57. The van der Waals surface area contributed by atoms with Crippen molar-refractivity contribution < 1.29 is 9.18 Å². The van der Waals surface area contributed by atoms with Crippen LogP contribution in [0, 0.1) is 5.82 Å². The van der Waals surface area contributed by atoms with Gasteiger partial charge in [0, 0.05) is 16.4 Å². The Hall–Kier alpha value is -1.95. The van der Waals surface area contributed by atoms with Crippen LogP contribution in [-0.2, 0) is 0 Å². The monoisotopic (exact) mass is 309 g/mol. The van der Waals surface area contributed by atoms with Crippen molar-refractivity contribution in [2.45, 2.75) is 0 Å². The number of nitrogens with one attached hydrogen (secondary N) is 1. The first-order chi connectivity index (χ1) is 8.58. The lowest BCUT2D eigenvalue weighted by atomic mass is 10.2. The van der Waals surface area contributed by atoms with Gasteiger partial charge in [-0.25, -0.2) is 4.39 Å². The summed E-state index contributed by atoms with van der Waals surface area (Å²) in [6.45, 7) is 0. The highest BCUT2D eigenvalue weighted by atomic mass is 79.9. The number of benzene rings is 1. The van der Waals surface area contributed by atoms with Crippen molar-refractivity contribution >= 4 is 33.2 Å². The Bertz CT molecular complexity index is 604. The average molecular weight is 310 g/mol. The third-order valence-corrected chi connectivity index (χ3v) is 2.95. The summed E-state index contributed by atoms with van der Waals surface area (Å²) in [7, 11) is 0. The van der Waals surface area contributed by atoms with Gasteiger partial charge in [-0.3, -0.25) is 9.78 Å². The summed E-state index contributed by atoms with van der Waals surface area (Å²) in [5, 5.41) is 2.57. The molecule has 6 heteroatoms. The highest BCUT2D eigenvalue weighted by molar-refractivity contribution is 9.10. The third-order valence-electron chi connectivity index (χ3n) is 2.26. The van der Waals surface area contributed by atoms with Crippen molar-refractivity contribution in [2.75, 3.05) is 11.1 Å². The van der Waals surface area contributed by atoms with Crippen molar-refractivity contribution in [3.63, 3.8) is 0 Å². The molecule has 0 aliphatic heterocycles. The first-order valence-electron chi connectivity index (χ1n) is 5.04. The Labute approximate surface area is 111 Å². The van der Waals surface area contributed by atoms with Gasteiger partial charge >= 0.3 is 0 Å². The van der Waals surface area contributed by atoms with Crippen molar-refractivity contribution in [2.24, 2.45) is 0 Å². The third kappa shape index (κ3) is 2.65. The lowest BCUT2D eigenvalue weighted by Crippen LogP contribution is -2.14. The number of nitrogens with zero attached hydrogens (tertiary/aromatic N) is 1. The number of hydrogen-bond donors (Lipinski definition) is 2. The number of carbonyl (C=O) groups is 1. The molecule has 3 N–H and O–H groups in total. The number of aromatic nitrogens is 1. The van der Waals surface area contributed by atoms with E-state index >= 15 is 0 Å². The molecule has 0 saturated carbocycles. The van der Waals surface area contributed by atoms with E-state index in [9.17, 15) is 9.18 Å². The molecule has 1 heterocycles. The summed E-state index contributed by atoms with van der Waals surface area (Å²) in [5.74, 6) is -1.23. The van der Waals surface area contributed by atoms with E-state index in [0.717, 1.165) is 6.20 Å². The normalized spacial score (nSPS) is 10.1. The van der Waals surface area contributed by atoms with E-state index in [1.165, 1.54) is 12.3 Å². The largest absolute Gasteiger partial charge is 0.399 e. The van der Waals surface area contributed by atoms with Gasteiger partial charge in [-0.2, -0.15) is 0 Å². The maximum atomic E-state index is 13.4. The van der Waals surface area contributed by atoms with Gasteiger partial charge in [-0.05, 0) is 40.2 Å². The first kappa shape index (κ1) is 12.5. The number of carbonyl (C=O) groups excluding carboxylic acids is 1. The molecule has 0 unspecified atom stereocenters. The number of rotatable bonds is 2. The molecule has 0 bridgehead atoms. The van der Waals surface area contributed by atoms with E-state index in [1.54, 1.807) is 18.2 Å². The van der Waals surface area contributed by atoms with E-state index in [-0.39, 0.29) is 5.56 Å². The highest BCUT2D eigenvalue weighted by Gasteiger charge is 2.12. The molecule has 92 valence electrons. The Morgan fingerprint density at radius 2 is 2.17 bits per heavy atom. The number of nitrogen functional groups attached to an aromatic ring is 1. The highest BCUT2D eigenvalue weighted by Crippen LogP contribution is 2.25. The summed E-state index contributed by atoms with van der Waals surface area (Å²) in [5.41, 5.74) is 6.53. The molecule has 0 radical (unpaired) electrons. The minimum Gasteiger partial charge on any atom is -0.399 e. The molecular formula is C12H9BrFN3O. The van der Waals surface area contributed by atoms with Gasteiger partial charge in [-0.1, -0.05) is 0 Å². The van der Waals surface area contributed by atoms with Gasteiger partial charge in [0.2, 0.25) is 0 Å². The van der Waals surface area contributed by atoms with E-state index in [0.29, 0.717) is 15.8 Å². The molecule has 2 rings (SSSR count). The summed E-state index contributed by atoms with van der Waals surface area (Å²) in [4.78, 5) is 15.4. The Morgan fingerprint density at radius 3 is 2.89 bits per heavy atom. The second-order valence-corrected chi connectivity index (χ2v) is 4.40. The second kappa shape index (κ2) is 5.14. The molecule has 1 aromatic heterocycles. The molecule has 0 aliphatic rings. The maximum Gasteiger partial charge on any atom is 0.258 e. The smallest absolute Gasteiger partial charge is 0.258 e. The Morgan fingerprint density at radius 1 is 1.39 bits per heavy atom. The van der Waals surface area contributed by atoms with Crippen LogP contribution in [0.3, 0.4) is 0 Å². The van der Waals surface area contributed by atoms with Crippen LogP contribution in [0.1, 0.15) is 10.4 Å². The van der Waals surface area contributed by atoms with E-state index in [1.807, 2.05) is 0 Å². The zero-order chi connectivity index (χ0) is 13.1. The molecule has 1 aromatic carbocycles. The molecule has 18 heavy (non-hydrogen) atoms. The minimum atomic E-state index is -0.671. The SMILES string of the molecule is Nc1ccc(Br)c(NC(=O)c2ccncc2F)c1. The van der Waals surface area contributed by atoms with Crippen molar-refractivity contribution in [1.82, 2.24) is 4.98 Å². The Balaban J connectivity index is 2.27. The van der Waals surface area contributed by atoms with Crippen LogP contribution in [-0.4, -0.2) is 10.9 Å². The van der Waals surface area contributed by atoms with E-state index in [2.05, 4.69) is 26.2 Å². The average Bonchev–Trinajstić information content (AvgIpc) is 2.34. The molecule has 0 atom stereocenters. The van der Waals surface area contributed by atoms with Crippen LogP contribution in [0.5, 0.6) is 0 Å². The van der Waals surface area contributed by atoms with E-state index < -0.39 is 11.7 Å². The quantitative estimate of drug-likeness (QED) is 0.838. The molecular weight excluding hydrogens is 301 g/mol. The van der Waals surface area contributed by atoms with Crippen LogP contribution in [0.4, 0.5) is 15.8 Å². The molecule has 4 nitrogen and oxygen atoms in total. The van der Waals surface area contributed by atoms with Gasteiger partial charge in [0.05, 0.1) is 17.4 Å². The summed E-state index contributed by atoms with van der Waals surface area (Å²) in [6.07, 6.45) is 2.34. The standard InChI is InChI=1S/C12H9BrFN3O/c13-9-2-1-7(15)5-11(9)17-12(18)8-3-4-16-6-10(8)14/h1-6H,15H2,(H,17,18). The van der Waals surface area contributed by atoms with Crippen molar-refractivity contribution in [3.05, 3.63) is 52.5 Å². The molecule has 1 amide bonds. The van der Waals surface area contributed by atoms with Crippen LogP contribution < -0.4 is 11.1 Å². The zero-order valence-corrected chi connectivity index (χ0v) is 10.7. The van der Waals surface area contributed by atoms with Crippen LogP contribution in [0.25, 0.3) is 0 Å². The van der Waals surface area contributed by atoms with E-state index in [4.69, 9.17) is 5.73 Å². The van der Waals surface area contributed by atoms with Crippen LogP contribution in [0.2, 0.25) is 0 Å². The molecule has 0 saturated heterocycles. The second-order valence-electron chi connectivity index (χ2n) is 3.55. The lowest BCUT2D eigenvalue weighted by Gasteiger charge is -2.08. The number of hydrogen-bond acceptors (Lipinski definition) is 3. The topological polar surface area (TPSA) is 68.0 Å². The summed E-state index contributed by atoms with van der Waals surface area (Å²) >= 11 is 3.27. The van der Waals surface area contributed by atoms with Gasteiger partial charge in [-0.15, -0.1) is 0 Å². The van der Waals surface area contributed by atoms with Gasteiger partial charge in [0.25, 0.3) is 5.91 Å². The predicted molar refractivity (Wildman–Crippen MR) is 70.7 cm³/mol. The van der Waals surface area contributed by atoms with Gasteiger partial charge < -0.3 is 11.1 Å². The predicted octanol–water partition coefficient (Wildman–Crippen LogP) is 2.82. The number of amides is 1. The van der Waals surface area contributed by atoms with Gasteiger partial charge in [0.1, 0.15) is 0 Å². The van der Waals surface area contributed by atoms with Crippen molar-refractivity contribution in [1.29, 1.82) is 0 Å². The number of nitrogens with two attached hydrogens (primary N) is 1. The molecule has 0 aliphatic carbocycles. The fraction of sp³-hybridized carbons (Fsp3) is 0. The minimum absolute atomic E-state index is 0.0701. The molecule has 0 spiro atoms. The van der Waals surface area contributed by atoms with Crippen molar-refractivity contribution in [3.8, 4) is 0 Å². The van der Waals surface area contributed by atoms with Crippen LogP contribution in [0.15, 0.2) is 41.1 Å². The number of halogens is 2. The molecule has 0 fully saturated rings. The summed E-state index contributed by atoms with van der Waals surface area (Å²) < 4.78 is 14.0. The zero-order valence-electron chi connectivity index (χ0n) is 9.15. The summed E-state index contributed by atoms with van der Waals surface area (Å²) in [6, 6.07) is 6.28. The lowest BCUT2D eigenvalue weighted by molar-refractivity contribution is 0.102.